The van der Waals surface area contributed by atoms with Gasteiger partial charge < -0.3 is 15.4 Å². The van der Waals surface area contributed by atoms with Crippen LogP contribution in [0.5, 0.6) is 5.75 Å². The van der Waals surface area contributed by atoms with E-state index in [1.165, 1.54) is 12.1 Å². The number of carbonyl (C=O) groups excluding carboxylic acids is 1. The van der Waals surface area contributed by atoms with E-state index in [0.29, 0.717) is 12.4 Å². The zero-order valence-electron chi connectivity index (χ0n) is 12.4. The van der Waals surface area contributed by atoms with E-state index in [2.05, 4.69) is 10.6 Å². The second-order valence-corrected chi connectivity index (χ2v) is 5.76. The third kappa shape index (κ3) is 3.90. The van der Waals surface area contributed by atoms with Crippen molar-refractivity contribution in [2.24, 2.45) is 5.92 Å². The molecule has 1 aromatic rings. The van der Waals surface area contributed by atoms with Crippen LogP contribution in [0.2, 0.25) is 0 Å². The molecule has 22 heavy (non-hydrogen) atoms. The third-order valence-electron chi connectivity index (χ3n) is 4.27. The molecule has 2 aliphatic heterocycles. The summed E-state index contributed by atoms with van der Waals surface area (Å²) in [6.45, 7) is 2.36. The van der Waals surface area contributed by atoms with Crippen LogP contribution < -0.4 is 15.4 Å². The quantitative estimate of drug-likeness (QED) is 0.877. The molecule has 1 amide bonds. The first-order valence-corrected chi connectivity index (χ1v) is 7.67. The van der Waals surface area contributed by atoms with Crippen LogP contribution in [0.1, 0.15) is 37.3 Å². The highest BCUT2D eigenvalue weighted by molar-refractivity contribution is 5.85. The summed E-state index contributed by atoms with van der Waals surface area (Å²) in [5.74, 6) is 0.445. The van der Waals surface area contributed by atoms with Gasteiger partial charge in [0.05, 0.1) is 12.6 Å². The van der Waals surface area contributed by atoms with Crippen LogP contribution in [0, 0.1) is 11.7 Å². The molecule has 1 saturated heterocycles. The molecule has 1 unspecified atom stereocenters. The van der Waals surface area contributed by atoms with Gasteiger partial charge in [0, 0.05) is 17.5 Å². The topological polar surface area (TPSA) is 50.4 Å². The average Bonchev–Trinajstić information content (AvgIpc) is 2.70. The van der Waals surface area contributed by atoms with Crippen LogP contribution in [0.15, 0.2) is 18.2 Å². The summed E-state index contributed by atoms with van der Waals surface area (Å²) in [6, 6.07) is 4.48. The van der Waals surface area contributed by atoms with E-state index in [-0.39, 0.29) is 36.1 Å². The molecule has 4 nitrogen and oxygen atoms in total. The largest absolute Gasteiger partial charge is 0.493 e. The molecule has 0 aliphatic carbocycles. The highest BCUT2D eigenvalue weighted by Gasteiger charge is 2.26. The highest BCUT2D eigenvalue weighted by atomic mass is 35.5. The number of amides is 1. The van der Waals surface area contributed by atoms with E-state index in [9.17, 15) is 9.18 Å². The molecule has 6 heteroatoms. The summed E-state index contributed by atoms with van der Waals surface area (Å²) in [6.07, 6.45) is 3.44. The van der Waals surface area contributed by atoms with Crippen molar-refractivity contribution >= 4 is 18.3 Å². The monoisotopic (exact) mass is 328 g/mol. The number of nitrogens with one attached hydrogen (secondary N) is 2. The van der Waals surface area contributed by atoms with Gasteiger partial charge in [-0.3, -0.25) is 4.79 Å². The van der Waals surface area contributed by atoms with Gasteiger partial charge in [0.25, 0.3) is 0 Å². The maximum atomic E-state index is 13.3. The number of piperidine rings is 1. The van der Waals surface area contributed by atoms with Gasteiger partial charge in [0.15, 0.2) is 0 Å². The zero-order chi connectivity index (χ0) is 14.7. The average molecular weight is 329 g/mol. The zero-order valence-corrected chi connectivity index (χ0v) is 13.3. The minimum atomic E-state index is -0.306. The molecule has 1 aromatic carbocycles. The second-order valence-electron chi connectivity index (χ2n) is 5.76. The summed E-state index contributed by atoms with van der Waals surface area (Å²) in [5, 5.41) is 6.40. The molecule has 3 rings (SSSR count). The fraction of sp³-hybridized carbons (Fsp3) is 0.562. The number of rotatable bonds is 2. The Hall–Kier alpha value is -1.33. The molecule has 0 spiro atoms. The van der Waals surface area contributed by atoms with E-state index in [1.54, 1.807) is 6.07 Å². The molecule has 1 fully saturated rings. The Morgan fingerprint density at radius 1 is 1.27 bits per heavy atom. The van der Waals surface area contributed by atoms with Crippen molar-refractivity contribution in [3.05, 3.63) is 29.6 Å². The van der Waals surface area contributed by atoms with Crippen molar-refractivity contribution in [2.45, 2.75) is 31.7 Å². The van der Waals surface area contributed by atoms with Gasteiger partial charge in [-0.05, 0) is 44.8 Å². The van der Waals surface area contributed by atoms with Crippen LogP contribution in [0.25, 0.3) is 0 Å². The lowest BCUT2D eigenvalue weighted by Gasteiger charge is -2.25. The molecule has 0 bridgehead atoms. The molecule has 2 N–H and O–H groups in total. The molecule has 0 aromatic heterocycles. The summed E-state index contributed by atoms with van der Waals surface area (Å²) < 4.78 is 18.9. The van der Waals surface area contributed by atoms with Crippen LogP contribution in [0.3, 0.4) is 0 Å². The van der Waals surface area contributed by atoms with Gasteiger partial charge in [0.1, 0.15) is 11.6 Å². The van der Waals surface area contributed by atoms with Gasteiger partial charge in [-0.25, -0.2) is 4.39 Å². The Morgan fingerprint density at radius 2 is 2.05 bits per heavy atom. The van der Waals surface area contributed by atoms with Crippen LogP contribution in [-0.2, 0) is 4.79 Å². The smallest absolute Gasteiger partial charge is 0.223 e. The standard InChI is InChI=1S/C16H21FN2O2.ClH/c17-12-3-4-13-14(2-1-9-21-15(13)10-12)19-16(20)11-5-7-18-8-6-11;/h3-4,10-11,14,18H,1-2,5-9H2,(H,19,20);1H. The summed E-state index contributed by atoms with van der Waals surface area (Å²) >= 11 is 0. The van der Waals surface area contributed by atoms with Crippen LogP contribution in [0.4, 0.5) is 4.39 Å². The van der Waals surface area contributed by atoms with Gasteiger partial charge >= 0.3 is 0 Å². The predicted octanol–water partition coefficient (Wildman–Crippen LogP) is 2.58. The number of carbonyl (C=O) groups is 1. The maximum Gasteiger partial charge on any atom is 0.223 e. The lowest BCUT2D eigenvalue weighted by Crippen LogP contribution is -2.39. The minimum absolute atomic E-state index is 0. The molecule has 2 heterocycles. The predicted molar refractivity (Wildman–Crippen MR) is 84.9 cm³/mol. The van der Waals surface area contributed by atoms with E-state index in [4.69, 9.17) is 4.74 Å². The van der Waals surface area contributed by atoms with Crippen LogP contribution in [-0.4, -0.2) is 25.6 Å². The van der Waals surface area contributed by atoms with E-state index in [0.717, 1.165) is 44.3 Å². The normalized spacial score (nSPS) is 21.8. The van der Waals surface area contributed by atoms with Crippen LogP contribution >= 0.6 is 12.4 Å². The van der Waals surface area contributed by atoms with E-state index in [1.807, 2.05) is 0 Å². The molecule has 1 atom stereocenters. The first-order chi connectivity index (χ1) is 10.2. The molecular formula is C16H22ClFN2O2. The van der Waals surface area contributed by atoms with Crippen molar-refractivity contribution in [1.29, 1.82) is 0 Å². The molecule has 2 aliphatic rings. The Bertz CT molecular complexity index is 521. The molecule has 122 valence electrons. The van der Waals surface area contributed by atoms with E-state index >= 15 is 0 Å². The number of fused-ring (bicyclic) bond motifs is 1. The Labute approximate surface area is 136 Å². The highest BCUT2D eigenvalue weighted by Crippen LogP contribution is 2.32. The fourth-order valence-corrected chi connectivity index (χ4v) is 3.07. The fourth-order valence-electron chi connectivity index (χ4n) is 3.07. The minimum Gasteiger partial charge on any atom is -0.493 e. The van der Waals surface area contributed by atoms with Gasteiger partial charge in [0.2, 0.25) is 5.91 Å². The van der Waals surface area contributed by atoms with Crippen molar-refractivity contribution in [2.75, 3.05) is 19.7 Å². The van der Waals surface area contributed by atoms with Gasteiger partial charge in [-0.15, -0.1) is 12.4 Å². The molecule has 0 radical (unpaired) electrons. The van der Waals surface area contributed by atoms with Crippen molar-refractivity contribution in [1.82, 2.24) is 10.6 Å². The maximum absolute atomic E-state index is 13.3. The number of hydrogen-bond acceptors (Lipinski definition) is 3. The Kier molecular flexibility index (Phi) is 6.03. The first kappa shape index (κ1) is 17.0. The molecule has 0 saturated carbocycles. The van der Waals surface area contributed by atoms with Crippen molar-refractivity contribution in [3.63, 3.8) is 0 Å². The summed E-state index contributed by atoms with van der Waals surface area (Å²) in [7, 11) is 0. The second kappa shape index (κ2) is 7.79. The third-order valence-corrected chi connectivity index (χ3v) is 4.27. The summed E-state index contributed by atoms with van der Waals surface area (Å²) in [5.41, 5.74) is 0.885. The first-order valence-electron chi connectivity index (χ1n) is 7.67. The number of halogens is 2. The van der Waals surface area contributed by atoms with Crippen molar-refractivity contribution in [3.8, 4) is 5.75 Å². The number of hydrogen-bond donors (Lipinski definition) is 2. The lowest BCUT2D eigenvalue weighted by molar-refractivity contribution is -0.126. The van der Waals surface area contributed by atoms with Gasteiger partial charge in [-0.1, -0.05) is 6.07 Å². The van der Waals surface area contributed by atoms with E-state index < -0.39 is 0 Å². The molecular weight excluding hydrogens is 307 g/mol. The lowest BCUT2D eigenvalue weighted by atomic mass is 9.95. The SMILES string of the molecule is Cl.O=C(NC1CCCOc2cc(F)ccc21)C1CCNCC1. The Morgan fingerprint density at radius 3 is 2.82 bits per heavy atom. The van der Waals surface area contributed by atoms with Crippen molar-refractivity contribution < 1.29 is 13.9 Å². The number of ether oxygens (including phenoxy) is 1. The van der Waals surface area contributed by atoms with Gasteiger partial charge in [-0.2, -0.15) is 0 Å². The number of benzene rings is 1. The summed E-state index contributed by atoms with van der Waals surface area (Å²) in [4.78, 5) is 12.4. The Balaban J connectivity index is 0.00000176.